The van der Waals surface area contributed by atoms with Crippen molar-refractivity contribution < 1.29 is 23.5 Å². The van der Waals surface area contributed by atoms with Crippen LogP contribution in [0.3, 0.4) is 0 Å². The second kappa shape index (κ2) is 11.4. The normalized spacial score (nSPS) is 10.6. The van der Waals surface area contributed by atoms with E-state index in [1.165, 1.54) is 31.1 Å². The van der Waals surface area contributed by atoms with E-state index in [-0.39, 0.29) is 17.5 Å². The zero-order chi connectivity index (χ0) is 25.5. The molecule has 184 valence electrons. The zero-order valence-electron chi connectivity index (χ0n) is 19.4. The fourth-order valence-electron chi connectivity index (χ4n) is 3.47. The Morgan fingerprint density at radius 3 is 2.72 bits per heavy atom. The third kappa shape index (κ3) is 6.02. The van der Waals surface area contributed by atoms with Gasteiger partial charge in [-0.25, -0.2) is 14.4 Å². The van der Waals surface area contributed by atoms with E-state index in [0.717, 1.165) is 12.5 Å². The quantitative estimate of drug-likeness (QED) is 0.267. The smallest absolute Gasteiger partial charge is 0.247 e. The van der Waals surface area contributed by atoms with Gasteiger partial charge in [0.2, 0.25) is 17.7 Å². The molecule has 0 aliphatic rings. The maximum Gasteiger partial charge on any atom is 0.247 e. The highest BCUT2D eigenvalue weighted by molar-refractivity contribution is 7.07. The number of benzene rings is 2. The molecule has 0 atom stereocenters. The number of aryl methyl sites for hydroxylation is 1. The predicted octanol–water partition coefficient (Wildman–Crippen LogP) is 5.72. The first-order valence-electron chi connectivity index (χ1n) is 11.0. The molecule has 2 aromatic heterocycles. The van der Waals surface area contributed by atoms with Crippen molar-refractivity contribution in [2.24, 2.45) is 0 Å². The summed E-state index contributed by atoms with van der Waals surface area (Å²) in [7, 11) is 1.46. The van der Waals surface area contributed by atoms with Crippen LogP contribution in [0.1, 0.15) is 18.4 Å². The first-order valence-corrected chi connectivity index (χ1v) is 12.0. The number of thiophene rings is 1. The Kier molecular flexibility index (Phi) is 7.86. The lowest BCUT2D eigenvalue weighted by Crippen LogP contribution is -2.11. The van der Waals surface area contributed by atoms with Crippen LogP contribution >= 0.6 is 11.3 Å². The topological polar surface area (TPSA) is 102 Å². The van der Waals surface area contributed by atoms with Crippen molar-refractivity contribution >= 4 is 45.4 Å². The monoisotopic (exact) mass is 506 g/mol. The molecule has 4 rings (SSSR count). The Morgan fingerprint density at radius 1 is 1.14 bits per heavy atom. The summed E-state index contributed by atoms with van der Waals surface area (Å²) in [6, 6.07) is 9.37. The zero-order valence-corrected chi connectivity index (χ0v) is 20.2. The molecule has 2 N–H and O–H groups in total. The minimum absolute atomic E-state index is 0.0841. The Morgan fingerprint density at radius 2 is 2.00 bits per heavy atom. The summed E-state index contributed by atoms with van der Waals surface area (Å²) in [6.45, 7) is 3.44. The van der Waals surface area contributed by atoms with Gasteiger partial charge >= 0.3 is 0 Å². The molecule has 4 aromatic rings. The highest BCUT2D eigenvalue weighted by atomic mass is 32.1. The molecule has 0 saturated heterocycles. The summed E-state index contributed by atoms with van der Waals surface area (Å²) in [5.74, 6) is -0.917. The van der Waals surface area contributed by atoms with Crippen molar-refractivity contribution in [1.29, 1.82) is 0 Å². The molecule has 0 bridgehead atoms. The van der Waals surface area contributed by atoms with E-state index in [0.29, 0.717) is 40.9 Å². The summed E-state index contributed by atoms with van der Waals surface area (Å²) >= 11 is 1.62. The number of fused-ring (bicyclic) bond motifs is 1. The lowest BCUT2D eigenvalue weighted by atomic mass is 10.1. The van der Waals surface area contributed by atoms with Crippen LogP contribution in [0.4, 0.5) is 15.8 Å². The van der Waals surface area contributed by atoms with Crippen LogP contribution in [0.15, 0.2) is 66.1 Å². The summed E-state index contributed by atoms with van der Waals surface area (Å²) in [5.41, 5.74) is 2.35. The highest BCUT2D eigenvalue weighted by Crippen LogP contribution is 2.35. The lowest BCUT2D eigenvalue weighted by molar-refractivity contribution is -0.116. The Balaban J connectivity index is 1.48. The minimum Gasteiger partial charge on any atom is -0.494 e. The van der Waals surface area contributed by atoms with Crippen molar-refractivity contribution in [2.45, 2.75) is 19.3 Å². The molecule has 36 heavy (non-hydrogen) atoms. The molecule has 0 fully saturated rings. The lowest BCUT2D eigenvalue weighted by Gasteiger charge is -2.13. The second-order valence-corrected chi connectivity index (χ2v) is 8.50. The van der Waals surface area contributed by atoms with E-state index in [1.807, 2.05) is 11.4 Å². The van der Waals surface area contributed by atoms with Crippen LogP contribution in [-0.2, 0) is 16.0 Å². The number of hydrogen-bond acceptors (Lipinski definition) is 7. The second-order valence-electron chi connectivity index (χ2n) is 7.72. The number of methoxy groups -OCH3 is 1. The number of anilines is 2. The Bertz CT molecular complexity index is 1410. The molecule has 2 aromatic carbocycles. The van der Waals surface area contributed by atoms with Crippen molar-refractivity contribution in [1.82, 2.24) is 9.97 Å². The fourth-order valence-corrected chi connectivity index (χ4v) is 4.17. The number of nitrogens with zero attached hydrogens (tertiary/aromatic N) is 2. The van der Waals surface area contributed by atoms with Gasteiger partial charge in [-0.2, -0.15) is 11.3 Å². The molecule has 2 amide bonds. The molecule has 8 nitrogen and oxygen atoms in total. The fraction of sp³-hybridized carbons (Fsp3) is 0.154. The molecular weight excluding hydrogens is 483 g/mol. The number of carbonyl (C=O) groups excluding carboxylic acids is 2. The predicted molar refractivity (Wildman–Crippen MR) is 137 cm³/mol. The summed E-state index contributed by atoms with van der Waals surface area (Å²) in [5, 5.41) is 9.84. The van der Waals surface area contributed by atoms with E-state index in [2.05, 4.69) is 32.6 Å². The van der Waals surface area contributed by atoms with Crippen LogP contribution in [0.25, 0.3) is 10.9 Å². The number of halogens is 1. The van der Waals surface area contributed by atoms with Crippen LogP contribution in [0.2, 0.25) is 0 Å². The molecule has 10 heteroatoms. The molecular formula is C26H23FN4O4S. The van der Waals surface area contributed by atoms with Gasteiger partial charge in [0.15, 0.2) is 11.6 Å². The average molecular weight is 507 g/mol. The molecule has 0 aliphatic carbocycles. The van der Waals surface area contributed by atoms with Gasteiger partial charge in [-0.1, -0.05) is 6.58 Å². The molecule has 0 unspecified atom stereocenters. The molecule has 0 saturated carbocycles. The van der Waals surface area contributed by atoms with Gasteiger partial charge in [-0.3, -0.25) is 9.59 Å². The Labute approximate surface area is 210 Å². The number of amides is 2. The van der Waals surface area contributed by atoms with Gasteiger partial charge in [0.25, 0.3) is 0 Å². The number of nitrogens with one attached hydrogen (secondary N) is 2. The largest absolute Gasteiger partial charge is 0.494 e. The summed E-state index contributed by atoms with van der Waals surface area (Å²) < 4.78 is 25.9. The summed E-state index contributed by atoms with van der Waals surface area (Å²) in [6.07, 6.45) is 4.25. The highest BCUT2D eigenvalue weighted by Gasteiger charge is 2.15. The van der Waals surface area contributed by atoms with Crippen molar-refractivity contribution in [3.05, 3.63) is 77.5 Å². The maximum atomic E-state index is 14.8. The van der Waals surface area contributed by atoms with Gasteiger partial charge in [0.05, 0.1) is 23.7 Å². The summed E-state index contributed by atoms with van der Waals surface area (Å²) in [4.78, 5) is 32.4. The Hall–Kier alpha value is -4.31. The van der Waals surface area contributed by atoms with Crippen molar-refractivity contribution in [3.63, 3.8) is 0 Å². The van der Waals surface area contributed by atoms with E-state index >= 15 is 0 Å². The van der Waals surface area contributed by atoms with Crippen molar-refractivity contribution in [2.75, 3.05) is 17.7 Å². The third-order valence-electron chi connectivity index (χ3n) is 5.23. The van der Waals surface area contributed by atoms with Crippen LogP contribution in [0.5, 0.6) is 17.4 Å². The van der Waals surface area contributed by atoms with Crippen LogP contribution in [0, 0.1) is 5.82 Å². The third-order valence-corrected chi connectivity index (χ3v) is 5.97. The van der Waals surface area contributed by atoms with E-state index in [4.69, 9.17) is 9.47 Å². The number of aromatic nitrogens is 2. The first-order chi connectivity index (χ1) is 17.5. The molecule has 2 heterocycles. The van der Waals surface area contributed by atoms with Gasteiger partial charge in [0, 0.05) is 24.2 Å². The SMILES string of the molecule is C=CC(=O)Nc1cc2c(Oc3ccc(NC(=O)CCCc4ccsc4)cc3F)ncnc2cc1OC. The minimum atomic E-state index is -0.675. The van der Waals surface area contributed by atoms with Crippen LogP contribution < -0.4 is 20.1 Å². The van der Waals surface area contributed by atoms with Gasteiger partial charge in [0.1, 0.15) is 12.1 Å². The van der Waals surface area contributed by atoms with Gasteiger partial charge < -0.3 is 20.1 Å². The van der Waals surface area contributed by atoms with E-state index in [9.17, 15) is 14.0 Å². The number of carbonyl (C=O) groups is 2. The van der Waals surface area contributed by atoms with Crippen molar-refractivity contribution in [3.8, 4) is 17.4 Å². The number of ether oxygens (including phenoxy) is 2. The average Bonchev–Trinajstić information content (AvgIpc) is 3.39. The maximum absolute atomic E-state index is 14.8. The molecule has 0 spiro atoms. The van der Waals surface area contributed by atoms with E-state index < -0.39 is 11.7 Å². The standard InChI is InChI=1S/C26H23FN4O4S/c1-3-24(32)31-21-12-18-20(13-23(21)34-2)28-15-29-26(18)35-22-8-7-17(11-19(22)27)30-25(33)6-4-5-16-9-10-36-14-16/h3,7-15H,1,4-6H2,2H3,(H,30,33)(H,31,32). The van der Waals surface area contributed by atoms with Gasteiger partial charge in [-0.05, 0) is 59.5 Å². The van der Waals surface area contributed by atoms with E-state index in [1.54, 1.807) is 29.5 Å². The number of hydrogen-bond donors (Lipinski definition) is 2. The first kappa shape index (κ1) is 24.8. The molecule has 0 aliphatic heterocycles. The van der Waals surface area contributed by atoms with Gasteiger partial charge in [-0.15, -0.1) is 0 Å². The number of rotatable bonds is 10. The molecule has 0 radical (unpaired) electrons. The van der Waals surface area contributed by atoms with Crippen LogP contribution in [-0.4, -0.2) is 28.9 Å².